The van der Waals surface area contributed by atoms with E-state index in [1.807, 2.05) is 30.3 Å². The van der Waals surface area contributed by atoms with Crippen LogP contribution in [0.15, 0.2) is 47.4 Å². The third-order valence-corrected chi connectivity index (χ3v) is 7.18. The molecular weight excluding hydrogens is 370 g/mol. The maximum absolute atomic E-state index is 12.5. The molecule has 0 atom stereocenters. The van der Waals surface area contributed by atoms with Gasteiger partial charge in [-0.15, -0.1) is 11.8 Å². The first-order valence-corrected chi connectivity index (χ1v) is 11.0. The molecule has 138 valence electrons. The molecule has 0 unspecified atom stereocenters. The van der Waals surface area contributed by atoms with Gasteiger partial charge < -0.3 is 4.74 Å². The van der Waals surface area contributed by atoms with Crippen LogP contribution in [0, 0.1) is 0 Å². The van der Waals surface area contributed by atoms with Gasteiger partial charge in [-0.2, -0.15) is 0 Å². The fraction of sp³-hybridized carbons (Fsp3) is 0.316. The molecule has 2 aromatic rings. The standard InChI is InChI=1S/C19H21NO4S2/c1-3-26(22,23)20-11-10-14-12-15(4-9-18(14)20)19(21)13-25-17-7-5-16(24-2)6-8-17/h4-9,12H,3,10-11,13H2,1-2H3. The maximum Gasteiger partial charge on any atom is 0.234 e. The summed E-state index contributed by atoms with van der Waals surface area (Å²) >= 11 is 1.47. The van der Waals surface area contributed by atoms with E-state index in [4.69, 9.17) is 4.74 Å². The van der Waals surface area contributed by atoms with Crippen LogP contribution in [0.5, 0.6) is 5.75 Å². The molecule has 0 bridgehead atoms. The van der Waals surface area contributed by atoms with Crippen LogP contribution in [-0.4, -0.2) is 39.4 Å². The zero-order valence-corrected chi connectivity index (χ0v) is 16.4. The highest BCUT2D eigenvalue weighted by Crippen LogP contribution is 2.32. The average molecular weight is 392 g/mol. The van der Waals surface area contributed by atoms with Gasteiger partial charge in [0.15, 0.2) is 5.78 Å². The summed E-state index contributed by atoms with van der Waals surface area (Å²) in [5, 5.41) is 0. The third-order valence-electron chi connectivity index (χ3n) is 4.38. The Morgan fingerprint density at radius 3 is 2.58 bits per heavy atom. The van der Waals surface area contributed by atoms with E-state index in [1.54, 1.807) is 26.2 Å². The number of anilines is 1. The van der Waals surface area contributed by atoms with Crippen LogP contribution in [0.1, 0.15) is 22.8 Å². The number of hydrogen-bond acceptors (Lipinski definition) is 5. The number of carbonyl (C=O) groups is 1. The number of rotatable bonds is 7. The van der Waals surface area contributed by atoms with Gasteiger partial charge in [0.25, 0.3) is 0 Å². The van der Waals surface area contributed by atoms with Crippen LogP contribution < -0.4 is 9.04 Å². The summed E-state index contributed by atoms with van der Waals surface area (Å²) in [6.07, 6.45) is 0.640. The molecule has 1 aliphatic rings. The number of ether oxygens (including phenoxy) is 1. The minimum Gasteiger partial charge on any atom is -0.497 e. The molecule has 0 amide bonds. The number of carbonyl (C=O) groups excluding carboxylic acids is 1. The predicted molar refractivity (Wildman–Crippen MR) is 105 cm³/mol. The van der Waals surface area contributed by atoms with Gasteiger partial charge in [-0.3, -0.25) is 9.10 Å². The molecule has 0 aromatic heterocycles. The minimum absolute atomic E-state index is 0.0328. The predicted octanol–water partition coefficient (Wildman–Crippen LogP) is 3.38. The van der Waals surface area contributed by atoms with Gasteiger partial charge >= 0.3 is 0 Å². The molecule has 1 aliphatic heterocycles. The first kappa shape index (κ1) is 18.8. The monoisotopic (exact) mass is 391 g/mol. The number of Topliss-reactive ketones (excluding diaryl/α,β-unsaturated/α-hetero) is 1. The van der Waals surface area contributed by atoms with Crippen molar-refractivity contribution in [3.05, 3.63) is 53.6 Å². The van der Waals surface area contributed by atoms with Gasteiger partial charge in [0.2, 0.25) is 10.0 Å². The van der Waals surface area contributed by atoms with Crippen LogP contribution in [-0.2, 0) is 16.4 Å². The van der Waals surface area contributed by atoms with E-state index in [1.165, 1.54) is 16.1 Å². The summed E-state index contributed by atoms with van der Waals surface area (Å²) in [5.74, 6) is 1.23. The van der Waals surface area contributed by atoms with Gasteiger partial charge in [-0.05, 0) is 61.4 Å². The van der Waals surface area contributed by atoms with Crippen LogP contribution >= 0.6 is 11.8 Å². The lowest BCUT2D eigenvalue weighted by atomic mass is 10.1. The molecule has 0 N–H and O–H groups in total. The van der Waals surface area contributed by atoms with Crippen molar-refractivity contribution in [1.82, 2.24) is 0 Å². The van der Waals surface area contributed by atoms with E-state index in [0.29, 0.717) is 30.0 Å². The van der Waals surface area contributed by atoms with Crippen molar-refractivity contribution in [1.29, 1.82) is 0 Å². The first-order valence-electron chi connectivity index (χ1n) is 8.38. The fourth-order valence-corrected chi connectivity index (χ4v) is 4.85. The number of hydrogen-bond donors (Lipinski definition) is 0. The van der Waals surface area contributed by atoms with E-state index in [0.717, 1.165) is 16.2 Å². The Kier molecular flexibility index (Phi) is 5.58. The Labute approximate surface area is 158 Å². The van der Waals surface area contributed by atoms with Crippen LogP contribution in [0.25, 0.3) is 0 Å². The molecule has 5 nitrogen and oxygen atoms in total. The largest absolute Gasteiger partial charge is 0.497 e. The second-order valence-electron chi connectivity index (χ2n) is 5.95. The summed E-state index contributed by atoms with van der Waals surface area (Å²) < 4.78 is 30.8. The molecule has 0 saturated heterocycles. The molecule has 0 aliphatic carbocycles. The lowest BCUT2D eigenvalue weighted by molar-refractivity contribution is 0.102. The van der Waals surface area contributed by atoms with Gasteiger partial charge in [-0.25, -0.2) is 8.42 Å². The van der Waals surface area contributed by atoms with Crippen molar-refractivity contribution in [2.75, 3.05) is 29.5 Å². The zero-order valence-electron chi connectivity index (χ0n) is 14.8. The van der Waals surface area contributed by atoms with Gasteiger partial charge in [0.05, 0.1) is 24.3 Å². The van der Waals surface area contributed by atoms with E-state index >= 15 is 0 Å². The molecule has 7 heteroatoms. The van der Waals surface area contributed by atoms with E-state index < -0.39 is 10.0 Å². The first-order chi connectivity index (χ1) is 12.4. The smallest absolute Gasteiger partial charge is 0.234 e. The van der Waals surface area contributed by atoms with Gasteiger partial charge in [0.1, 0.15) is 5.75 Å². The number of ketones is 1. The summed E-state index contributed by atoms with van der Waals surface area (Å²) in [5.41, 5.74) is 2.24. The summed E-state index contributed by atoms with van der Waals surface area (Å²) in [4.78, 5) is 13.5. The molecule has 0 radical (unpaired) electrons. The van der Waals surface area contributed by atoms with Crippen LogP contribution in [0.3, 0.4) is 0 Å². The van der Waals surface area contributed by atoms with Crippen LogP contribution in [0.4, 0.5) is 5.69 Å². The molecule has 3 rings (SSSR count). The second kappa shape index (κ2) is 7.72. The number of thioether (sulfide) groups is 1. The Morgan fingerprint density at radius 1 is 1.19 bits per heavy atom. The van der Waals surface area contributed by atoms with Crippen LogP contribution in [0.2, 0.25) is 0 Å². The summed E-state index contributed by atoms with van der Waals surface area (Å²) in [6.45, 7) is 2.09. The maximum atomic E-state index is 12.5. The number of fused-ring (bicyclic) bond motifs is 1. The molecular formula is C19H21NO4S2. The van der Waals surface area contributed by atoms with Crippen molar-refractivity contribution in [2.24, 2.45) is 0 Å². The lowest BCUT2D eigenvalue weighted by Crippen LogP contribution is -2.30. The van der Waals surface area contributed by atoms with Gasteiger partial charge in [0, 0.05) is 17.0 Å². The molecule has 2 aromatic carbocycles. The molecule has 0 fully saturated rings. The second-order valence-corrected chi connectivity index (χ2v) is 9.18. The number of methoxy groups -OCH3 is 1. The van der Waals surface area contributed by atoms with E-state index in [2.05, 4.69) is 0 Å². The molecule has 26 heavy (non-hydrogen) atoms. The van der Waals surface area contributed by atoms with E-state index in [9.17, 15) is 13.2 Å². The Hall–Kier alpha value is -1.99. The quantitative estimate of drug-likeness (QED) is 0.535. The van der Waals surface area contributed by atoms with E-state index in [-0.39, 0.29) is 11.5 Å². The summed E-state index contributed by atoms with van der Waals surface area (Å²) in [6, 6.07) is 12.9. The third kappa shape index (κ3) is 3.88. The highest BCUT2D eigenvalue weighted by Gasteiger charge is 2.28. The molecule has 0 saturated carbocycles. The highest BCUT2D eigenvalue weighted by molar-refractivity contribution is 8.00. The van der Waals surface area contributed by atoms with Crippen molar-refractivity contribution < 1.29 is 17.9 Å². The summed E-state index contributed by atoms with van der Waals surface area (Å²) in [7, 11) is -1.64. The van der Waals surface area contributed by atoms with Crippen molar-refractivity contribution in [2.45, 2.75) is 18.2 Å². The van der Waals surface area contributed by atoms with Crippen molar-refractivity contribution in [3.63, 3.8) is 0 Å². The van der Waals surface area contributed by atoms with Crippen molar-refractivity contribution >= 4 is 33.3 Å². The number of benzene rings is 2. The van der Waals surface area contributed by atoms with Gasteiger partial charge in [-0.1, -0.05) is 0 Å². The number of sulfonamides is 1. The lowest BCUT2D eigenvalue weighted by Gasteiger charge is -2.18. The Bertz CT molecular complexity index is 908. The average Bonchev–Trinajstić information content (AvgIpc) is 3.10. The Balaban J connectivity index is 1.69. The van der Waals surface area contributed by atoms with Crippen molar-refractivity contribution in [3.8, 4) is 5.75 Å². The Morgan fingerprint density at radius 2 is 1.92 bits per heavy atom. The fourth-order valence-electron chi connectivity index (χ4n) is 2.89. The topological polar surface area (TPSA) is 63.7 Å². The minimum atomic E-state index is -3.26. The molecule has 1 heterocycles. The molecule has 0 spiro atoms. The SMILES string of the molecule is CCS(=O)(=O)N1CCc2cc(C(=O)CSc3ccc(OC)cc3)ccc21. The zero-order chi connectivity index (χ0) is 18.7. The number of nitrogens with zero attached hydrogens (tertiary/aromatic N) is 1. The normalized spacial score (nSPS) is 13.5. The highest BCUT2D eigenvalue weighted by atomic mass is 32.2.